The normalized spacial score (nSPS) is 15.0. The molecule has 28 heavy (non-hydrogen) atoms. The van der Waals surface area contributed by atoms with Crippen LogP contribution in [0.5, 0.6) is 0 Å². The highest BCUT2D eigenvalue weighted by Crippen LogP contribution is 2.32. The Morgan fingerprint density at radius 2 is 1.86 bits per heavy atom. The van der Waals surface area contributed by atoms with Gasteiger partial charge in [-0.3, -0.25) is 4.79 Å². The first kappa shape index (κ1) is 19.0. The zero-order valence-electron chi connectivity index (χ0n) is 16.0. The number of fused-ring (bicyclic) bond motifs is 1. The zero-order valence-corrected chi connectivity index (χ0v) is 17.6. The van der Waals surface area contributed by atoms with Crippen molar-refractivity contribution in [2.24, 2.45) is 0 Å². The van der Waals surface area contributed by atoms with Gasteiger partial charge in [0.1, 0.15) is 0 Å². The van der Waals surface area contributed by atoms with Crippen LogP contribution >= 0.6 is 22.9 Å². The number of hydrogen-bond donors (Lipinski definition) is 0. The summed E-state index contributed by atoms with van der Waals surface area (Å²) >= 11 is 7.87. The number of rotatable bonds is 3. The van der Waals surface area contributed by atoms with Gasteiger partial charge in [0.05, 0.1) is 10.2 Å². The topological polar surface area (TPSA) is 36.4 Å². The summed E-state index contributed by atoms with van der Waals surface area (Å²) in [7, 11) is 0. The van der Waals surface area contributed by atoms with E-state index in [0.29, 0.717) is 18.1 Å². The number of anilines is 1. The maximum Gasteiger partial charge on any atom is 0.246 e. The number of thiazole rings is 1. The van der Waals surface area contributed by atoms with Crippen molar-refractivity contribution >= 4 is 50.3 Å². The van der Waals surface area contributed by atoms with Crippen LogP contribution in [-0.4, -0.2) is 42.0 Å². The van der Waals surface area contributed by atoms with Crippen molar-refractivity contribution in [3.8, 4) is 0 Å². The average Bonchev–Trinajstić information content (AvgIpc) is 3.15. The van der Waals surface area contributed by atoms with E-state index in [9.17, 15) is 4.79 Å². The first-order valence-corrected chi connectivity index (χ1v) is 10.6. The third kappa shape index (κ3) is 3.77. The summed E-state index contributed by atoms with van der Waals surface area (Å²) in [6.07, 6.45) is 3.40. The van der Waals surface area contributed by atoms with Gasteiger partial charge < -0.3 is 9.80 Å². The number of carbonyl (C=O) groups excluding carboxylic acids is 1. The van der Waals surface area contributed by atoms with E-state index in [1.165, 1.54) is 15.8 Å². The van der Waals surface area contributed by atoms with Gasteiger partial charge in [-0.1, -0.05) is 47.2 Å². The minimum Gasteiger partial charge on any atom is -0.345 e. The fraction of sp³-hybridized carbons (Fsp3) is 0.273. The van der Waals surface area contributed by atoms with Crippen molar-refractivity contribution < 1.29 is 4.79 Å². The number of amides is 1. The van der Waals surface area contributed by atoms with Crippen molar-refractivity contribution in [2.75, 3.05) is 31.1 Å². The Morgan fingerprint density at radius 3 is 2.61 bits per heavy atom. The van der Waals surface area contributed by atoms with Gasteiger partial charge in [-0.15, -0.1) is 0 Å². The predicted molar refractivity (Wildman–Crippen MR) is 118 cm³/mol. The number of benzene rings is 2. The Morgan fingerprint density at radius 1 is 1.11 bits per heavy atom. The van der Waals surface area contributed by atoms with E-state index in [-0.39, 0.29) is 5.91 Å². The van der Waals surface area contributed by atoms with Crippen LogP contribution in [0.25, 0.3) is 16.3 Å². The molecule has 4 nitrogen and oxygen atoms in total. The number of aryl methyl sites for hydroxylation is 2. The average molecular weight is 412 g/mol. The second kappa shape index (κ2) is 7.94. The highest BCUT2D eigenvalue weighted by Gasteiger charge is 2.22. The summed E-state index contributed by atoms with van der Waals surface area (Å²) in [4.78, 5) is 21.5. The number of carbonyl (C=O) groups is 1. The van der Waals surface area contributed by atoms with Crippen molar-refractivity contribution in [3.63, 3.8) is 0 Å². The van der Waals surface area contributed by atoms with Crippen LogP contribution in [0.15, 0.2) is 42.5 Å². The minimum atomic E-state index is 0.0235. The van der Waals surface area contributed by atoms with E-state index in [4.69, 9.17) is 16.6 Å². The smallest absolute Gasteiger partial charge is 0.246 e. The molecule has 1 aromatic heterocycles. The molecular formula is C22H22ClN3OS. The first-order valence-electron chi connectivity index (χ1n) is 9.36. The number of nitrogens with zero attached hydrogens (tertiary/aromatic N) is 3. The molecule has 3 aromatic rings. The SMILES string of the molecule is Cc1ccc2sc(N3CCN(C(=O)/C=C/c4ccccc4Cl)CC3)nc2c1C. The molecule has 0 bridgehead atoms. The monoisotopic (exact) mass is 411 g/mol. The maximum absolute atomic E-state index is 12.5. The molecule has 1 saturated heterocycles. The van der Waals surface area contributed by atoms with E-state index in [0.717, 1.165) is 29.3 Å². The lowest BCUT2D eigenvalue weighted by Gasteiger charge is -2.34. The van der Waals surface area contributed by atoms with Gasteiger partial charge in [-0.05, 0) is 48.7 Å². The molecule has 6 heteroatoms. The highest BCUT2D eigenvalue weighted by molar-refractivity contribution is 7.22. The Hall–Kier alpha value is -2.37. The molecule has 0 spiro atoms. The van der Waals surface area contributed by atoms with Crippen molar-refractivity contribution in [3.05, 3.63) is 64.2 Å². The molecule has 0 saturated carbocycles. The lowest BCUT2D eigenvalue weighted by atomic mass is 10.1. The molecule has 1 aliphatic heterocycles. The van der Waals surface area contributed by atoms with Crippen LogP contribution in [0.3, 0.4) is 0 Å². The Kier molecular flexibility index (Phi) is 5.38. The van der Waals surface area contributed by atoms with Crippen LogP contribution in [0.4, 0.5) is 5.13 Å². The molecule has 1 aliphatic rings. The molecule has 0 radical (unpaired) electrons. The Labute approximate surface area is 174 Å². The molecule has 2 heterocycles. The van der Waals surface area contributed by atoms with E-state index in [1.54, 1.807) is 23.5 Å². The minimum absolute atomic E-state index is 0.0235. The second-order valence-corrected chi connectivity index (χ2v) is 8.43. The number of hydrogen-bond acceptors (Lipinski definition) is 4. The van der Waals surface area contributed by atoms with Gasteiger partial charge in [-0.25, -0.2) is 4.98 Å². The molecule has 1 amide bonds. The molecule has 0 unspecified atom stereocenters. The lowest BCUT2D eigenvalue weighted by molar-refractivity contribution is -0.126. The van der Waals surface area contributed by atoms with Crippen molar-refractivity contribution in [1.82, 2.24) is 9.88 Å². The van der Waals surface area contributed by atoms with E-state index in [2.05, 4.69) is 30.9 Å². The van der Waals surface area contributed by atoms with Gasteiger partial charge in [0.2, 0.25) is 5.91 Å². The molecule has 4 rings (SSSR count). The standard InChI is InChI=1S/C22H22ClN3OS/c1-15-7-9-19-21(16(15)2)24-22(28-19)26-13-11-25(12-14-26)20(27)10-8-17-5-3-4-6-18(17)23/h3-10H,11-14H2,1-2H3/b10-8+. The number of halogens is 1. The van der Waals surface area contributed by atoms with Crippen LogP contribution < -0.4 is 4.90 Å². The second-order valence-electron chi connectivity index (χ2n) is 7.02. The summed E-state index contributed by atoms with van der Waals surface area (Å²) in [5, 5.41) is 1.69. The van der Waals surface area contributed by atoms with Crippen LogP contribution in [0.2, 0.25) is 5.02 Å². The molecular weight excluding hydrogens is 390 g/mol. The predicted octanol–water partition coefficient (Wildman–Crippen LogP) is 4.93. The molecule has 144 valence electrons. The number of aromatic nitrogens is 1. The van der Waals surface area contributed by atoms with Crippen LogP contribution in [-0.2, 0) is 4.79 Å². The fourth-order valence-corrected chi connectivity index (χ4v) is 4.62. The first-order chi connectivity index (χ1) is 13.5. The van der Waals surface area contributed by atoms with E-state index < -0.39 is 0 Å². The zero-order chi connectivity index (χ0) is 19.7. The maximum atomic E-state index is 12.5. The van der Waals surface area contributed by atoms with E-state index >= 15 is 0 Å². The third-order valence-corrected chi connectivity index (χ3v) is 6.67. The van der Waals surface area contributed by atoms with Gasteiger partial charge >= 0.3 is 0 Å². The van der Waals surface area contributed by atoms with Gasteiger partial charge in [-0.2, -0.15) is 0 Å². The largest absolute Gasteiger partial charge is 0.345 e. The third-order valence-electron chi connectivity index (χ3n) is 5.25. The number of piperazine rings is 1. The van der Waals surface area contributed by atoms with Crippen molar-refractivity contribution in [1.29, 1.82) is 0 Å². The lowest BCUT2D eigenvalue weighted by Crippen LogP contribution is -2.48. The quantitative estimate of drug-likeness (QED) is 0.573. The Balaban J connectivity index is 1.41. The Bertz CT molecular complexity index is 1050. The fourth-order valence-electron chi connectivity index (χ4n) is 3.34. The van der Waals surface area contributed by atoms with Gasteiger partial charge in [0, 0.05) is 37.3 Å². The molecule has 0 atom stereocenters. The molecule has 1 fully saturated rings. The molecule has 2 aromatic carbocycles. The van der Waals surface area contributed by atoms with E-state index in [1.807, 2.05) is 29.2 Å². The van der Waals surface area contributed by atoms with Crippen LogP contribution in [0.1, 0.15) is 16.7 Å². The summed E-state index contributed by atoms with van der Waals surface area (Å²) < 4.78 is 1.22. The van der Waals surface area contributed by atoms with Gasteiger partial charge in [0.25, 0.3) is 0 Å². The van der Waals surface area contributed by atoms with Crippen molar-refractivity contribution in [2.45, 2.75) is 13.8 Å². The summed E-state index contributed by atoms with van der Waals surface area (Å²) in [5.74, 6) is 0.0235. The molecule has 0 N–H and O–H groups in total. The summed E-state index contributed by atoms with van der Waals surface area (Å²) in [5.41, 5.74) is 4.47. The summed E-state index contributed by atoms with van der Waals surface area (Å²) in [6, 6.07) is 11.8. The molecule has 0 aliphatic carbocycles. The highest BCUT2D eigenvalue weighted by atomic mass is 35.5. The van der Waals surface area contributed by atoms with Crippen LogP contribution in [0, 0.1) is 13.8 Å². The summed E-state index contributed by atoms with van der Waals surface area (Å²) in [6.45, 7) is 7.23. The van der Waals surface area contributed by atoms with Gasteiger partial charge in [0.15, 0.2) is 5.13 Å².